The van der Waals surface area contributed by atoms with Gasteiger partial charge < -0.3 is 13.9 Å². The van der Waals surface area contributed by atoms with Crippen LogP contribution in [-0.4, -0.2) is 50.7 Å². The van der Waals surface area contributed by atoms with Crippen molar-refractivity contribution in [2.75, 3.05) is 14.2 Å². The van der Waals surface area contributed by atoms with Gasteiger partial charge in [0.1, 0.15) is 22.9 Å². The molecule has 0 aliphatic carbocycles. The predicted molar refractivity (Wildman–Crippen MR) is 161 cm³/mol. The van der Waals surface area contributed by atoms with Gasteiger partial charge in [0.15, 0.2) is 8.32 Å². The lowest BCUT2D eigenvalue weighted by Crippen LogP contribution is -2.47. The summed E-state index contributed by atoms with van der Waals surface area (Å²) in [7, 11) is -3.08. The fraction of sp³-hybridized carbons (Fsp3) is 0.467. The zero-order valence-corrected chi connectivity index (χ0v) is 27.0. The van der Waals surface area contributed by atoms with E-state index in [0.29, 0.717) is 17.2 Å². The normalized spacial score (nSPS) is 14.2. The average Bonchev–Trinajstić information content (AvgIpc) is 2.91. The molecule has 0 N–H and O–H groups in total. The van der Waals surface area contributed by atoms with E-state index in [-0.39, 0.29) is 18.1 Å². The molecule has 0 fully saturated rings. The average molecular weight is 586 g/mol. The second-order valence-corrected chi connectivity index (χ2v) is 18.7. The Kier molecular flexibility index (Phi) is 10.2. The number of hydrogen-bond acceptors (Lipinski definition) is 7. The molecule has 0 aliphatic rings. The highest BCUT2D eigenvalue weighted by Gasteiger charge is 2.44. The van der Waals surface area contributed by atoms with Gasteiger partial charge in [-0.1, -0.05) is 45.0 Å². The Bertz CT molecular complexity index is 1290. The molecule has 0 saturated heterocycles. The summed E-state index contributed by atoms with van der Waals surface area (Å²) >= 11 is 0. The van der Waals surface area contributed by atoms with Crippen LogP contribution in [0.1, 0.15) is 56.3 Å². The summed E-state index contributed by atoms with van der Waals surface area (Å²) < 4.78 is 47.8. The Morgan fingerprint density at radius 1 is 0.825 bits per heavy atom. The van der Waals surface area contributed by atoms with Gasteiger partial charge >= 0.3 is 0 Å². The van der Waals surface area contributed by atoms with Crippen LogP contribution in [0.4, 0.5) is 0 Å². The third-order valence-corrected chi connectivity index (χ3v) is 14.3. The monoisotopic (exact) mass is 585 g/mol. The van der Waals surface area contributed by atoms with Crippen molar-refractivity contribution in [3.63, 3.8) is 0 Å². The summed E-state index contributed by atoms with van der Waals surface area (Å²) in [6.07, 6.45) is -0.784. The molecule has 1 aromatic heterocycles. The predicted octanol–water partition coefficient (Wildman–Crippen LogP) is 6.29. The first kappa shape index (κ1) is 31.7. The lowest BCUT2D eigenvalue weighted by atomic mass is 10.2. The molecular weight excluding hydrogens is 542 g/mol. The highest BCUT2D eigenvalue weighted by Crippen LogP contribution is 2.41. The van der Waals surface area contributed by atoms with Gasteiger partial charge in [0.25, 0.3) is 0 Å². The van der Waals surface area contributed by atoms with Crippen LogP contribution < -0.4 is 9.47 Å². The van der Waals surface area contributed by atoms with Gasteiger partial charge in [-0.3, -0.25) is 0 Å². The van der Waals surface area contributed by atoms with E-state index in [2.05, 4.69) is 44.1 Å². The van der Waals surface area contributed by atoms with Crippen LogP contribution in [0.3, 0.4) is 0 Å². The molecule has 0 spiro atoms. The highest BCUT2D eigenvalue weighted by atomic mass is 32.2. The lowest BCUT2D eigenvalue weighted by molar-refractivity contribution is 0.172. The number of aryl methyl sites for hydroxylation is 1. The van der Waals surface area contributed by atoms with Crippen molar-refractivity contribution in [1.82, 2.24) is 14.5 Å². The third-order valence-electron chi connectivity index (χ3n) is 7.63. The van der Waals surface area contributed by atoms with Gasteiger partial charge in [-0.2, -0.15) is 14.5 Å². The SMILES string of the molecule is COc1ccc(CN(Cc2ccc(OC)cc2)S(=O)(=O)C(C)C(O[Si](C)(C)C(C)(C)C)c2ccc(C)nn2)cc1. The molecule has 40 heavy (non-hydrogen) atoms. The fourth-order valence-electron chi connectivity index (χ4n) is 3.95. The number of benzene rings is 2. The van der Waals surface area contributed by atoms with Gasteiger partial charge in [-0.15, -0.1) is 0 Å². The zero-order valence-electron chi connectivity index (χ0n) is 25.1. The van der Waals surface area contributed by atoms with Crippen molar-refractivity contribution in [1.29, 1.82) is 0 Å². The first-order valence-electron chi connectivity index (χ1n) is 13.4. The summed E-state index contributed by atoms with van der Waals surface area (Å²) in [6, 6.07) is 18.5. The number of hydrogen-bond donors (Lipinski definition) is 0. The van der Waals surface area contributed by atoms with Crippen molar-refractivity contribution < 1.29 is 22.3 Å². The van der Waals surface area contributed by atoms with Crippen LogP contribution in [0.15, 0.2) is 60.7 Å². The van der Waals surface area contributed by atoms with E-state index < -0.39 is 29.7 Å². The molecule has 0 radical (unpaired) electrons. The molecule has 2 atom stereocenters. The number of methoxy groups -OCH3 is 2. The summed E-state index contributed by atoms with van der Waals surface area (Å²) in [5.74, 6) is 1.42. The van der Waals surface area contributed by atoms with E-state index in [9.17, 15) is 8.42 Å². The van der Waals surface area contributed by atoms with Crippen LogP contribution in [0.25, 0.3) is 0 Å². The molecule has 10 heteroatoms. The molecule has 3 rings (SSSR count). The fourth-order valence-corrected chi connectivity index (χ4v) is 7.00. The van der Waals surface area contributed by atoms with E-state index in [1.165, 1.54) is 4.31 Å². The van der Waals surface area contributed by atoms with Gasteiger partial charge in [0, 0.05) is 13.1 Å². The maximum Gasteiger partial charge on any atom is 0.220 e. The van der Waals surface area contributed by atoms with Gasteiger partial charge in [0.2, 0.25) is 10.0 Å². The lowest BCUT2D eigenvalue weighted by Gasteiger charge is -2.41. The minimum Gasteiger partial charge on any atom is -0.497 e. The van der Waals surface area contributed by atoms with Crippen molar-refractivity contribution in [2.45, 2.75) is 77.2 Å². The van der Waals surface area contributed by atoms with E-state index >= 15 is 0 Å². The second kappa shape index (κ2) is 12.8. The van der Waals surface area contributed by atoms with Crippen LogP contribution in [0, 0.1) is 6.92 Å². The van der Waals surface area contributed by atoms with Crippen LogP contribution >= 0.6 is 0 Å². The van der Waals surface area contributed by atoms with Gasteiger partial charge in [0.05, 0.1) is 25.6 Å². The number of rotatable bonds is 12. The zero-order chi connectivity index (χ0) is 29.7. The smallest absolute Gasteiger partial charge is 0.220 e. The first-order valence-corrected chi connectivity index (χ1v) is 17.8. The van der Waals surface area contributed by atoms with Crippen molar-refractivity contribution in [3.8, 4) is 11.5 Å². The number of sulfonamides is 1. The van der Waals surface area contributed by atoms with E-state index in [1.54, 1.807) is 21.1 Å². The Hall–Kier alpha value is -2.79. The first-order chi connectivity index (χ1) is 18.7. The summed E-state index contributed by atoms with van der Waals surface area (Å²) in [5, 5.41) is 7.56. The second-order valence-electron chi connectivity index (χ2n) is 11.6. The molecule has 1 heterocycles. The Balaban J connectivity index is 2.05. The van der Waals surface area contributed by atoms with Crippen LogP contribution in [0.2, 0.25) is 18.1 Å². The molecule has 0 aliphatic heterocycles. The van der Waals surface area contributed by atoms with Gasteiger partial charge in [-0.05, 0) is 79.5 Å². The maximum atomic E-state index is 14.5. The quantitative estimate of drug-likeness (QED) is 0.231. The largest absolute Gasteiger partial charge is 0.497 e. The number of aromatic nitrogens is 2. The molecule has 2 aromatic carbocycles. The molecule has 8 nitrogen and oxygen atoms in total. The molecule has 3 aromatic rings. The van der Waals surface area contributed by atoms with E-state index in [0.717, 1.165) is 16.8 Å². The van der Waals surface area contributed by atoms with E-state index in [4.69, 9.17) is 13.9 Å². The summed E-state index contributed by atoms with van der Waals surface area (Å²) in [6.45, 7) is 14.6. The Morgan fingerprint density at radius 3 is 1.68 bits per heavy atom. The molecule has 2 unspecified atom stereocenters. The van der Waals surface area contributed by atoms with Crippen molar-refractivity contribution >= 4 is 18.3 Å². The summed E-state index contributed by atoms with van der Waals surface area (Å²) in [5.41, 5.74) is 2.97. The third kappa shape index (κ3) is 7.69. The van der Waals surface area contributed by atoms with Crippen molar-refractivity contribution in [2.24, 2.45) is 0 Å². The number of nitrogens with zero attached hydrogens (tertiary/aromatic N) is 3. The Labute approximate surface area is 240 Å². The highest BCUT2D eigenvalue weighted by molar-refractivity contribution is 7.89. The molecule has 0 bridgehead atoms. The Morgan fingerprint density at radius 2 is 1.30 bits per heavy atom. The minimum absolute atomic E-state index is 0.126. The molecular formula is C30H43N3O5SSi. The van der Waals surface area contributed by atoms with E-state index in [1.807, 2.05) is 67.6 Å². The van der Waals surface area contributed by atoms with Crippen molar-refractivity contribution in [3.05, 3.63) is 83.2 Å². The number of ether oxygens (including phenoxy) is 2. The van der Waals surface area contributed by atoms with Crippen LogP contribution in [-0.2, 0) is 27.5 Å². The molecule has 0 amide bonds. The molecule has 218 valence electrons. The molecule has 0 saturated carbocycles. The summed E-state index contributed by atoms with van der Waals surface area (Å²) in [4.78, 5) is 0. The maximum absolute atomic E-state index is 14.5. The van der Waals surface area contributed by atoms with Crippen LogP contribution in [0.5, 0.6) is 11.5 Å². The van der Waals surface area contributed by atoms with Gasteiger partial charge in [-0.25, -0.2) is 8.42 Å². The standard InChI is InChI=1S/C30H43N3O5SSi/c1-22-10-19-28(32-31-22)29(38-40(8,9)30(3,4)5)23(2)39(34,35)33(20-24-11-15-26(36-6)16-12-24)21-25-13-17-27(37-7)18-14-25/h10-19,23,29H,20-21H2,1-9H3. The minimum atomic E-state index is -3.90. The topological polar surface area (TPSA) is 90.9 Å².